The highest BCUT2D eigenvalue weighted by atomic mass is 16.2. The number of amides is 2. The minimum absolute atomic E-state index is 0.125. The quantitative estimate of drug-likeness (QED) is 0.338. The topological polar surface area (TPSA) is 82.2 Å². The number of aromatic nitrogens is 2. The normalized spacial score (nSPS) is 19.8. The summed E-state index contributed by atoms with van der Waals surface area (Å²) in [6, 6.07) is 15.1. The number of hydrogen-bond acceptors (Lipinski definition) is 5. The molecular weight excluding hydrogens is 460 g/mol. The van der Waals surface area contributed by atoms with Crippen molar-refractivity contribution >= 4 is 23.5 Å². The second-order valence-electron chi connectivity index (χ2n) is 10.9. The smallest absolute Gasteiger partial charge is 0.319 e. The van der Waals surface area contributed by atoms with Crippen LogP contribution in [0.5, 0.6) is 0 Å². The van der Waals surface area contributed by atoms with Gasteiger partial charge in [0.05, 0.1) is 5.69 Å². The molecule has 1 fully saturated rings. The first-order valence-corrected chi connectivity index (χ1v) is 13.7. The van der Waals surface area contributed by atoms with Crippen molar-refractivity contribution in [3.05, 3.63) is 64.8 Å². The van der Waals surface area contributed by atoms with Crippen LogP contribution in [0.4, 0.5) is 22.2 Å². The Bertz CT molecular complexity index is 1310. The highest BCUT2D eigenvalue weighted by Gasteiger charge is 2.25. The maximum Gasteiger partial charge on any atom is 0.319 e. The number of benzene rings is 2. The minimum Gasteiger partial charge on any atom is -0.362 e. The molecule has 1 aromatic heterocycles. The van der Waals surface area contributed by atoms with Gasteiger partial charge in [-0.25, -0.2) is 9.78 Å². The molecule has 0 atom stereocenters. The van der Waals surface area contributed by atoms with Crippen LogP contribution in [0, 0.1) is 0 Å². The van der Waals surface area contributed by atoms with Gasteiger partial charge in [-0.15, -0.1) is 0 Å². The number of hydrogen-bond donors (Lipinski definition) is 3. The van der Waals surface area contributed by atoms with E-state index in [9.17, 15) is 4.79 Å². The summed E-state index contributed by atoms with van der Waals surface area (Å²) in [5.74, 6) is 1.80. The number of nitrogens with one attached hydrogen (secondary N) is 3. The van der Waals surface area contributed by atoms with Gasteiger partial charge < -0.3 is 20.9 Å². The van der Waals surface area contributed by atoms with E-state index in [1.54, 1.807) is 0 Å². The number of nitrogens with zero attached hydrogens (tertiary/aromatic N) is 3. The molecule has 3 N–H and O–H groups in total. The zero-order valence-corrected chi connectivity index (χ0v) is 21.8. The van der Waals surface area contributed by atoms with Crippen LogP contribution < -0.4 is 20.9 Å². The number of rotatable bonds is 5. The number of fused-ring (bicyclic) bond motifs is 4. The van der Waals surface area contributed by atoms with Crippen LogP contribution in [0.25, 0.3) is 11.1 Å². The second kappa shape index (κ2) is 10.0. The molecule has 37 heavy (non-hydrogen) atoms. The van der Waals surface area contributed by atoms with Crippen LogP contribution >= 0.6 is 0 Å². The molecule has 2 aromatic carbocycles. The summed E-state index contributed by atoms with van der Waals surface area (Å²) in [7, 11) is 4.12. The molecule has 0 bridgehead atoms. The first-order chi connectivity index (χ1) is 18.0. The van der Waals surface area contributed by atoms with Gasteiger partial charge in [-0.3, -0.25) is 0 Å². The standard InChI is InChI=1S/C30H36N6O/c1-36(2)28-26-9-5-6-10-27(26)34-29(35-28)31-21-11-13-22(14-12-21)32-30(37)33-23-15-16-25-20(18-23)17-19-7-3-4-8-24(19)25/h3-4,7-8,15-16,18,21-22H,5-6,9-14,17H2,1-2H3,(H,31,34,35)(H2,32,33,37)/t21-,22+. The molecule has 3 aliphatic carbocycles. The molecular formula is C30H36N6O. The fraction of sp³-hybridized carbons (Fsp3) is 0.433. The summed E-state index contributed by atoms with van der Waals surface area (Å²) in [6.07, 6.45) is 9.30. The minimum atomic E-state index is -0.125. The maximum atomic E-state index is 12.7. The predicted molar refractivity (Wildman–Crippen MR) is 150 cm³/mol. The third-order valence-electron chi connectivity index (χ3n) is 8.03. The summed E-state index contributed by atoms with van der Waals surface area (Å²) in [5, 5.41) is 9.83. The highest BCUT2D eigenvalue weighted by Crippen LogP contribution is 2.37. The molecule has 0 spiro atoms. The van der Waals surface area contributed by atoms with E-state index < -0.39 is 0 Å². The number of aryl methyl sites for hydroxylation is 1. The second-order valence-corrected chi connectivity index (χ2v) is 10.9. The molecule has 0 radical (unpaired) electrons. The lowest BCUT2D eigenvalue weighted by Crippen LogP contribution is -2.42. The molecule has 3 aliphatic rings. The first-order valence-electron chi connectivity index (χ1n) is 13.7. The van der Waals surface area contributed by atoms with Gasteiger partial charge in [-0.05, 0) is 92.2 Å². The lowest BCUT2D eigenvalue weighted by atomic mass is 9.91. The van der Waals surface area contributed by atoms with E-state index in [1.807, 2.05) is 6.07 Å². The molecule has 0 aliphatic heterocycles. The molecule has 3 aromatic rings. The number of urea groups is 1. The molecule has 6 rings (SSSR count). The van der Waals surface area contributed by atoms with Gasteiger partial charge in [0.1, 0.15) is 5.82 Å². The van der Waals surface area contributed by atoms with Gasteiger partial charge in [0, 0.05) is 37.4 Å². The van der Waals surface area contributed by atoms with E-state index in [-0.39, 0.29) is 12.1 Å². The third-order valence-corrected chi connectivity index (χ3v) is 8.03. The molecule has 0 unspecified atom stereocenters. The van der Waals surface area contributed by atoms with Crippen molar-refractivity contribution in [3.63, 3.8) is 0 Å². The van der Waals surface area contributed by atoms with Crippen molar-refractivity contribution < 1.29 is 4.79 Å². The number of carbonyl (C=O) groups is 1. The van der Waals surface area contributed by atoms with Crippen LogP contribution in [-0.4, -0.2) is 42.2 Å². The fourth-order valence-corrected chi connectivity index (χ4v) is 6.15. The average molecular weight is 497 g/mol. The third kappa shape index (κ3) is 4.99. The monoisotopic (exact) mass is 496 g/mol. The Balaban J connectivity index is 1.02. The predicted octanol–water partition coefficient (Wildman–Crippen LogP) is 5.54. The van der Waals surface area contributed by atoms with Crippen LogP contribution in [0.3, 0.4) is 0 Å². The summed E-state index contributed by atoms with van der Waals surface area (Å²) < 4.78 is 0. The Kier molecular flexibility index (Phi) is 6.45. The fourth-order valence-electron chi connectivity index (χ4n) is 6.15. The molecule has 192 valence electrons. The lowest BCUT2D eigenvalue weighted by Gasteiger charge is -2.30. The van der Waals surface area contributed by atoms with Crippen molar-refractivity contribution in [1.82, 2.24) is 15.3 Å². The van der Waals surface area contributed by atoms with Gasteiger partial charge in [0.15, 0.2) is 0 Å². The molecule has 1 saturated carbocycles. The van der Waals surface area contributed by atoms with Crippen molar-refractivity contribution in [1.29, 1.82) is 0 Å². The SMILES string of the molecule is CN(C)c1nc(N[C@H]2CC[C@@H](NC(=O)Nc3ccc4c(c3)Cc3ccccc3-4)CC2)nc2c1CCCC2. The van der Waals surface area contributed by atoms with Crippen LogP contribution in [-0.2, 0) is 19.3 Å². The molecule has 2 amide bonds. The number of carbonyl (C=O) groups excluding carboxylic acids is 1. The Labute approximate surface area is 219 Å². The first kappa shape index (κ1) is 23.8. The summed E-state index contributed by atoms with van der Waals surface area (Å²) in [5.41, 5.74) is 8.56. The van der Waals surface area contributed by atoms with Crippen LogP contribution in [0.1, 0.15) is 60.9 Å². The van der Waals surface area contributed by atoms with E-state index in [0.29, 0.717) is 6.04 Å². The summed E-state index contributed by atoms with van der Waals surface area (Å²) >= 11 is 0. The van der Waals surface area contributed by atoms with E-state index in [1.165, 1.54) is 46.4 Å². The zero-order valence-electron chi connectivity index (χ0n) is 21.8. The maximum absolute atomic E-state index is 12.7. The molecule has 1 heterocycles. The highest BCUT2D eigenvalue weighted by molar-refractivity contribution is 5.90. The van der Waals surface area contributed by atoms with Crippen LogP contribution in [0.2, 0.25) is 0 Å². The van der Waals surface area contributed by atoms with Gasteiger partial charge in [-0.1, -0.05) is 30.3 Å². The zero-order chi connectivity index (χ0) is 25.4. The van der Waals surface area contributed by atoms with Crippen molar-refractivity contribution in [2.75, 3.05) is 29.6 Å². The van der Waals surface area contributed by atoms with Crippen LogP contribution in [0.15, 0.2) is 42.5 Å². The molecule has 0 saturated heterocycles. The summed E-state index contributed by atoms with van der Waals surface area (Å²) in [4.78, 5) is 24.6. The van der Waals surface area contributed by atoms with Gasteiger partial charge in [0.2, 0.25) is 5.95 Å². The molecule has 7 heteroatoms. The lowest BCUT2D eigenvalue weighted by molar-refractivity contribution is 0.243. The van der Waals surface area contributed by atoms with Crippen molar-refractivity contribution in [3.8, 4) is 11.1 Å². The average Bonchev–Trinajstić information content (AvgIpc) is 3.27. The Morgan fingerprint density at radius 3 is 2.49 bits per heavy atom. The van der Waals surface area contributed by atoms with E-state index in [2.05, 4.69) is 71.3 Å². The Morgan fingerprint density at radius 1 is 0.892 bits per heavy atom. The summed E-state index contributed by atoms with van der Waals surface area (Å²) in [6.45, 7) is 0. The van der Waals surface area contributed by atoms with E-state index in [0.717, 1.165) is 62.4 Å². The van der Waals surface area contributed by atoms with E-state index in [4.69, 9.17) is 9.97 Å². The van der Waals surface area contributed by atoms with Gasteiger partial charge in [0.25, 0.3) is 0 Å². The largest absolute Gasteiger partial charge is 0.362 e. The van der Waals surface area contributed by atoms with E-state index >= 15 is 0 Å². The Hall–Kier alpha value is -3.61. The van der Waals surface area contributed by atoms with Crippen molar-refractivity contribution in [2.45, 2.75) is 69.9 Å². The van der Waals surface area contributed by atoms with Gasteiger partial charge >= 0.3 is 6.03 Å². The number of anilines is 3. The molecule has 7 nitrogen and oxygen atoms in total. The van der Waals surface area contributed by atoms with Gasteiger partial charge in [-0.2, -0.15) is 4.98 Å². The van der Waals surface area contributed by atoms with Crippen molar-refractivity contribution in [2.24, 2.45) is 0 Å². The Morgan fingerprint density at radius 2 is 1.65 bits per heavy atom.